The Labute approximate surface area is 107 Å². The van der Waals surface area contributed by atoms with Gasteiger partial charge in [-0.3, -0.25) is 0 Å². The molecule has 2 atom stereocenters. The van der Waals surface area contributed by atoms with E-state index in [1.165, 1.54) is 0 Å². The lowest BCUT2D eigenvalue weighted by molar-refractivity contribution is 0.421. The number of hydrogen-bond donors (Lipinski definition) is 1. The third-order valence-corrected chi connectivity index (χ3v) is 3.75. The van der Waals surface area contributed by atoms with E-state index in [9.17, 15) is 5.11 Å². The van der Waals surface area contributed by atoms with Crippen LogP contribution < -0.4 is 0 Å². The first-order valence-electron chi connectivity index (χ1n) is 5.47. The minimum Gasteiger partial charge on any atom is -0.507 e. The zero-order chi connectivity index (χ0) is 12.0. The molecule has 1 fully saturated rings. The Morgan fingerprint density at radius 2 is 2.24 bits per heavy atom. The van der Waals surface area contributed by atoms with Crippen LogP contribution in [0, 0.1) is 5.92 Å². The van der Waals surface area contributed by atoms with Crippen LogP contribution in [-0.4, -0.2) is 15.2 Å². The van der Waals surface area contributed by atoms with Crippen LogP contribution in [0.25, 0.3) is 11.5 Å². The second kappa shape index (κ2) is 3.84. The lowest BCUT2D eigenvalue weighted by Gasteiger charge is -1.97. The Bertz CT molecular complexity index is 567. The first-order valence-corrected chi connectivity index (χ1v) is 6.27. The summed E-state index contributed by atoms with van der Waals surface area (Å²) in [5.41, 5.74) is 0.734. The van der Waals surface area contributed by atoms with Gasteiger partial charge in [0.2, 0.25) is 0 Å². The lowest BCUT2D eigenvalue weighted by Crippen LogP contribution is -1.84. The van der Waals surface area contributed by atoms with E-state index in [1.54, 1.807) is 12.1 Å². The molecule has 0 radical (unpaired) electrons. The summed E-state index contributed by atoms with van der Waals surface area (Å²) in [5.74, 6) is 2.49. The smallest absolute Gasteiger partial charge is 0.258 e. The molecule has 5 heteroatoms. The van der Waals surface area contributed by atoms with E-state index in [-0.39, 0.29) is 5.75 Å². The van der Waals surface area contributed by atoms with Crippen molar-refractivity contribution in [2.24, 2.45) is 5.92 Å². The van der Waals surface area contributed by atoms with Gasteiger partial charge in [0.15, 0.2) is 5.82 Å². The van der Waals surface area contributed by atoms with Gasteiger partial charge in [-0.2, -0.15) is 4.98 Å². The quantitative estimate of drug-likeness (QED) is 0.923. The van der Waals surface area contributed by atoms with Gasteiger partial charge in [0.05, 0.1) is 4.47 Å². The van der Waals surface area contributed by atoms with Crippen LogP contribution in [0.2, 0.25) is 0 Å². The summed E-state index contributed by atoms with van der Waals surface area (Å²) < 4.78 is 5.86. The van der Waals surface area contributed by atoms with Gasteiger partial charge in [0.1, 0.15) is 5.75 Å². The van der Waals surface area contributed by atoms with Crippen molar-refractivity contribution in [1.82, 2.24) is 10.1 Å². The monoisotopic (exact) mass is 294 g/mol. The number of benzene rings is 1. The number of aromatic hydroxyl groups is 1. The standard InChI is InChI=1S/C12H11BrN2O2/c1-6-4-8(6)11-14-12(17-15-11)7-2-3-9(13)10(16)5-7/h2-3,5-6,8,16H,4H2,1H3. The molecule has 4 nitrogen and oxygen atoms in total. The number of rotatable bonds is 2. The van der Waals surface area contributed by atoms with E-state index in [2.05, 4.69) is 33.0 Å². The summed E-state index contributed by atoms with van der Waals surface area (Å²) in [7, 11) is 0. The Morgan fingerprint density at radius 3 is 2.88 bits per heavy atom. The normalized spacial score (nSPS) is 22.7. The number of halogens is 1. The van der Waals surface area contributed by atoms with Crippen molar-refractivity contribution in [1.29, 1.82) is 0 Å². The van der Waals surface area contributed by atoms with Crippen LogP contribution >= 0.6 is 15.9 Å². The summed E-state index contributed by atoms with van der Waals surface area (Å²) in [6, 6.07) is 5.20. The Hall–Kier alpha value is -1.36. The van der Waals surface area contributed by atoms with Crippen LogP contribution in [0.15, 0.2) is 27.2 Å². The van der Waals surface area contributed by atoms with Crippen LogP contribution in [0.3, 0.4) is 0 Å². The molecule has 1 heterocycles. The highest BCUT2D eigenvalue weighted by molar-refractivity contribution is 9.10. The van der Waals surface area contributed by atoms with Crippen molar-refractivity contribution >= 4 is 15.9 Å². The zero-order valence-corrected chi connectivity index (χ0v) is 10.8. The molecule has 3 rings (SSSR count). The molecule has 1 aromatic heterocycles. The molecule has 2 unspecified atom stereocenters. The van der Waals surface area contributed by atoms with E-state index >= 15 is 0 Å². The SMILES string of the molecule is CC1CC1c1noc(-c2ccc(Br)c(O)c2)n1. The van der Waals surface area contributed by atoms with Crippen molar-refractivity contribution in [3.05, 3.63) is 28.5 Å². The summed E-state index contributed by atoms with van der Waals surface area (Å²) in [5, 5.41) is 13.6. The van der Waals surface area contributed by atoms with Crippen molar-refractivity contribution in [2.75, 3.05) is 0 Å². The van der Waals surface area contributed by atoms with E-state index in [1.807, 2.05) is 6.07 Å². The highest BCUT2D eigenvalue weighted by atomic mass is 79.9. The number of nitrogens with zero attached hydrogens (tertiary/aromatic N) is 2. The second-order valence-electron chi connectivity index (χ2n) is 4.44. The highest BCUT2D eigenvalue weighted by Gasteiger charge is 2.38. The molecule has 88 valence electrons. The fourth-order valence-electron chi connectivity index (χ4n) is 1.83. The minimum atomic E-state index is 0.169. The Kier molecular flexibility index (Phi) is 2.43. The molecule has 0 spiro atoms. The number of hydrogen-bond acceptors (Lipinski definition) is 4. The van der Waals surface area contributed by atoms with Gasteiger partial charge in [0.25, 0.3) is 5.89 Å². The summed E-state index contributed by atoms with van der Waals surface area (Å²) >= 11 is 3.23. The van der Waals surface area contributed by atoms with Crippen LogP contribution in [-0.2, 0) is 0 Å². The summed E-state index contributed by atoms with van der Waals surface area (Å²) in [6.45, 7) is 2.17. The largest absolute Gasteiger partial charge is 0.507 e. The Balaban J connectivity index is 1.92. The fraction of sp³-hybridized carbons (Fsp3) is 0.333. The Morgan fingerprint density at radius 1 is 1.47 bits per heavy atom. The van der Waals surface area contributed by atoms with Gasteiger partial charge in [-0.25, -0.2) is 0 Å². The maximum atomic E-state index is 9.60. The molecule has 1 aliphatic carbocycles. The number of aromatic nitrogens is 2. The molecular weight excluding hydrogens is 284 g/mol. The number of phenols is 1. The van der Waals surface area contributed by atoms with Gasteiger partial charge in [0, 0.05) is 11.5 Å². The molecule has 1 aromatic carbocycles. The average Bonchev–Trinajstić information content (AvgIpc) is 2.86. The third-order valence-electron chi connectivity index (χ3n) is 3.08. The van der Waals surface area contributed by atoms with Crippen LogP contribution in [0.4, 0.5) is 0 Å². The topological polar surface area (TPSA) is 59.2 Å². The minimum absolute atomic E-state index is 0.169. The van der Waals surface area contributed by atoms with Crippen molar-refractivity contribution in [3.8, 4) is 17.2 Å². The third kappa shape index (κ3) is 1.95. The summed E-state index contributed by atoms with van der Waals surface area (Å²) in [6.07, 6.45) is 1.13. The predicted octanol–water partition coefficient (Wildman–Crippen LogP) is 3.33. The number of phenolic OH excluding ortho intramolecular Hbond substituents is 1. The maximum absolute atomic E-state index is 9.60. The molecular formula is C12H11BrN2O2. The first kappa shape index (κ1) is 10.8. The van der Waals surface area contributed by atoms with Gasteiger partial charge in [-0.15, -0.1) is 0 Å². The van der Waals surface area contributed by atoms with E-state index in [4.69, 9.17) is 4.52 Å². The lowest BCUT2D eigenvalue weighted by atomic mass is 10.2. The fourth-order valence-corrected chi connectivity index (χ4v) is 2.08. The van der Waals surface area contributed by atoms with Crippen molar-refractivity contribution in [3.63, 3.8) is 0 Å². The molecule has 0 aliphatic heterocycles. The van der Waals surface area contributed by atoms with Crippen molar-refractivity contribution in [2.45, 2.75) is 19.3 Å². The van der Waals surface area contributed by atoms with Gasteiger partial charge in [-0.1, -0.05) is 12.1 Å². The molecule has 17 heavy (non-hydrogen) atoms. The molecule has 1 saturated carbocycles. The van der Waals surface area contributed by atoms with E-state index in [0.29, 0.717) is 22.2 Å². The predicted molar refractivity (Wildman–Crippen MR) is 65.6 cm³/mol. The van der Waals surface area contributed by atoms with E-state index in [0.717, 1.165) is 17.8 Å². The molecule has 0 bridgehead atoms. The van der Waals surface area contributed by atoms with Crippen LogP contribution in [0.5, 0.6) is 5.75 Å². The molecule has 1 aliphatic rings. The first-order chi connectivity index (χ1) is 8.15. The maximum Gasteiger partial charge on any atom is 0.258 e. The second-order valence-corrected chi connectivity index (χ2v) is 5.30. The van der Waals surface area contributed by atoms with Gasteiger partial charge >= 0.3 is 0 Å². The molecule has 2 aromatic rings. The van der Waals surface area contributed by atoms with Crippen LogP contribution in [0.1, 0.15) is 25.1 Å². The molecule has 0 amide bonds. The van der Waals surface area contributed by atoms with E-state index < -0.39 is 0 Å². The summed E-state index contributed by atoms with van der Waals surface area (Å²) in [4.78, 5) is 4.36. The molecule has 1 N–H and O–H groups in total. The van der Waals surface area contributed by atoms with Gasteiger partial charge in [-0.05, 0) is 46.5 Å². The molecule has 0 saturated heterocycles. The highest BCUT2D eigenvalue weighted by Crippen LogP contribution is 2.45. The average molecular weight is 295 g/mol. The van der Waals surface area contributed by atoms with Gasteiger partial charge < -0.3 is 9.63 Å². The van der Waals surface area contributed by atoms with Crippen molar-refractivity contribution < 1.29 is 9.63 Å². The zero-order valence-electron chi connectivity index (χ0n) is 9.22.